The summed E-state index contributed by atoms with van der Waals surface area (Å²) in [6.45, 7) is 8.90. The molecule has 0 amide bonds. The number of carbonyl (C=O) groups is 1. The molecule has 2 heterocycles. The first-order valence-corrected chi connectivity index (χ1v) is 14.1. The Morgan fingerprint density at radius 2 is 1.05 bits per heavy atom. The van der Waals surface area contributed by atoms with E-state index in [9.17, 15) is 4.79 Å². The van der Waals surface area contributed by atoms with E-state index in [0.29, 0.717) is 30.3 Å². The van der Waals surface area contributed by atoms with Gasteiger partial charge >= 0.3 is 5.97 Å². The Labute approximate surface area is 241 Å². The molecule has 0 radical (unpaired) electrons. The molecule has 0 N–H and O–H groups in total. The Balaban J connectivity index is 1.04. The number of hydrogen-bond donors (Lipinski definition) is 0. The Morgan fingerprint density at radius 1 is 0.634 bits per heavy atom. The summed E-state index contributed by atoms with van der Waals surface area (Å²) in [7, 11) is 0. The van der Waals surface area contributed by atoms with Crippen molar-refractivity contribution in [3.63, 3.8) is 0 Å². The van der Waals surface area contributed by atoms with Crippen molar-refractivity contribution in [3.05, 3.63) is 78.4 Å². The summed E-state index contributed by atoms with van der Waals surface area (Å²) in [5, 5.41) is 0. The van der Waals surface area contributed by atoms with Crippen molar-refractivity contribution in [1.29, 1.82) is 0 Å². The first-order valence-electron chi connectivity index (χ1n) is 14.1. The first kappa shape index (κ1) is 29.1. The van der Waals surface area contributed by atoms with E-state index in [1.54, 1.807) is 36.4 Å². The molecule has 2 aliphatic rings. The molecular formula is C33H38O8. The van der Waals surface area contributed by atoms with E-state index in [1.807, 2.05) is 36.4 Å². The summed E-state index contributed by atoms with van der Waals surface area (Å²) >= 11 is 0. The molecule has 0 saturated carbocycles. The van der Waals surface area contributed by atoms with Crippen molar-refractivity contribution in [1.82, 2.24) is 0 Å². The first-order chi connectivity index (χ1) is 20.0. The number of rotatable bonds is 15. The minimum atomic E-state index is -0.428. The molecule has 218 valence electrons. The zero-order valence-electron chi connectivity index (χ0n) is 23.8. The molecule has 0 unspecified atom stereocenters. The molecule has 3 aromatic rings. The largest absolute Gasteiger partial charge is 0.468 e. The van der Waals surface area contributed by atoms with Crippen molar-refractivity contribution in [2.75, 3.05) is 53.2 Å². The predicted octanol–water partition coefficient (Wildman–Crippen LogP) is 6.13. The SMILES string of the molecule is CCC1(COCOc2ccc(OC(=O)c3ccc(-c4ccc(OCOCC5(CC)COC5)cc4)cc3)cc2)COC1. The highest BCUT2D eigenvalue weighted by molar-refractivity contribution is 5.91. The molecule has 2 aliphatic heterocycles. The third kappa shape index (κ3) is 7.45. The van der Waals surface area contributed by atoms with Gasteiger partial charge in [-0.2, -0.15) is 0 Å². The van der Waals surface area contributed by atoms with Crippen molar-refractivity contribution in [2.45, 2.75) is 26.7 Å². The van der Waals surface area contributed by atoms with Gasteiger partial charge in [0, 0.05) is 10.8 Å². The van der Waals surface area contributed by atoms with Crippen LogP contribution in [0, 0.1) is 10.8 Å². The summed E-state index contributed by atoms with van der Waals surface area (Å²) in [6, 6.07) is 22.0. The topological polar surface area (TPSA) is 81.7 Å². The molecule has 0 spiro atoms. The van der Waals surface area contributed by atoms with Gasteiger partial charge in [0.2, 0.25) is 0 Å². The van der Waals surface area contributed by atoms with Gasteiger partial charge in [0.25, 0.3) is 0 Å². The molecule has 0 atom stereocenters. The summed E-state index contributed by atoms with van der Waals surface area (Å²) in [5.41, 5.74) is 2.73. The number of ether oxygens (including phenoxy) is 7. The molecule has 8 heteroatoms. The third-order valence-electron chi connectivity index (χ3n) is 7.91. The minimum Gasteiger partial charge on any atom is -0.468 e. The molecule has 8 nitrogen and oxygen atoms in total. The molecule has 0 aliphatic carbocycles. The average Bonchev–Trinajstić information content (AvgIpc) is 2.97. The average molecular weight is 563 g/mol. The molecule has 0 aromatic heterocycles. The van der Waals surface area contributed by atoms with E-state index >= 15 is 0 Å². The van der Waals surface area contributed by atoms with Crippen LogP contribution in [-0.2, 0) is 18.9 Å². The van der Waals surface area contributed by atoms with Crippen molar-refractivity contribution in [3.8, 4) is 28.4 Å². The zero-order chi connectivity index (χ0) is 28.5. The van der Waals surface area contributed by atoms with Crippen LogP contribution in [0.3, 0.4) is 0 Å². The van der Waals surface area contributed by atoms with Gasteiger partial charge in [0.1, 0.15) is 17.2 Å². The maximum Gasteiger partial charge on any atom is 0.343 e. The van der Waals surface area contributed by atoms with Crippen LogP contribution in [0.4, 0.5) is 0 Å². The summed E-state index contributed by atoms with van der Waals surface area (Å²) < 4.78 is 38.9. The molecule has 5 rings (SSSR count). The van der Waals surface area contributed by atoms with Gasteiger partial charge in [-0.25, -0.2) is 4.79 Å². The standard InChI is InChI=1S/C33H38O8/c1-3-32(17-35-18-32)21-37-23-39-28-11-9-26(10-12-28)25-5-7-27(8-6-25)31(34)41-30-15-13-29(14-16-30)40-24-38-22-33(4-2)19-36-20-33/h5-16H,3-4,17-24H2,1-2H3. The van der Waals surface area contributed by atoms with Crippen molar-refractivity contribution in [2.24, 2.45) is 10.8 Å². The number of hydrogen-bond acceptors (Lipinski definition) is 8. The molecule has 2 fully saturated rings. The van der Waals surface area contributed by atoms with Crippen molar-refractivity contribution >= 4 is 5.97 Å². The number of carbonyl (C=O) groups excluding carboxylic acids is 1. The van der Waals surface area contributed by atoms with E-state index in [1.165, 1.54) is 0 Å². The van der Waals surface area contributed by atoms with Gasteiger partial charge in [-0.1, -0.05) is 38.1 Å². The van der Waals surface area contributed by atoms with Gasteiger partial charge < -0.3 is 33.2 Å². The second-order valence-corrected chi connectivity index (χ2v) is 10.9. The summed E-state index contributed by atoms with van der Waals surface area (Å²) in [6.07, 6.45) is 2.05. The summed E-state index contributed by atoms with van der Waals surface area (Å²) in [5.74, 6) is 1.39. The monoisotopic (exact) mass is 562 g/mol. The lowest BCUT2D eigenvalue weighted by Crippen LogP contribution is -2.45. The van der Waals surface area contributed by atoms with Gasteiger partial charge in [-0.05, 0) is 72.5 Å². The van der Waals surface area contributed by atoms with Crippen LogP contribution in [0.25, 0.3) is 11.1 Å². The van der Waals surface area contributed by atoms with Crippen LogP contribution in [0.15, 0.2) is 72.8 Å². The highest BCUT2D eigenvalue weighted by Crippen LogP contribution is 2.32. The minimum absolute atomic E-state index is 0.124. The van der Waals surface area contributed by atoms with Crippen molar-refractivity contribution < 1.29 is 38.0 Å². The van der Waals surface area contributed by atoms with Crippen LogP contribution in [0.2, 0.25) is 0 Å². The Bertz CT molecular complexity index is 1230. The van der Waals surface area contributed by atoms with E-state index < -0.39 is 5.97 Å². The number of benzene rings is 3. The lowest BCUT2D eigenvalue weighted by Gasteiger charge is -2.40. The molecule has 3 aromatic carbocycles. The number of esters is 1. The Hall–Kier alpha value is -3.43. The third-order valence-corrected chi connectivity index (χ3v) is 7.91. The van der Waals surface area contributed by atoms with Crippen LogP contribution < -0.4 is 14.2 Å². The maximum atomic E-state index is 12.7. The van der Waals surface area contributed by atoms with E-state index in [-0.39, 0.29) is 24.4 Å². The Morgan fingerprint density at radius 3 is 1.46 bits per heavy atom. The van der Waals surface area contributed by atoms with Gasteiger partial charge in [-0.3, -0.25) is 0 Å². The molecule has 41 heavy (non-hydrogen) atoms. The van der Waals surface area contributed by atoms with Crippen LogP contribution in [0.5, 0.6) is 17.2 Å². The van der Waals surface area contributed by atoms with Crippen LogP contribution >= 0.6 is 0 Å². The smallest absolute Gasteiger partial charge is 0.343 e. The lowest BCUT2D eigenvalue weighted by molar-refractivity contribution is -0.162. The second-order valence-electron chi connectivity index (χ2n) is 10.9. The Kier molecular flexibility index (Phi) is 9.57. The molecule has 2 saturated heterocycles. The van der Waals surface area contributed by atoms with Gasteiger partial charge in [0.15, 0.2) is 13.6 Å². The van der Waals surface area contributed by atoms with E-state index in [4.69, 9.17) is 33.2 Å². The second kappa shape index (κ2) is 13.5. The quantitative estimate of drug-likeness (QED) is 0.0947. The molecule has 0 bridgehead atoms. The van der Waals surface area contributed by atoms with Gasteiger partial charge in [0.05, 0.1) is 45.2 Å². The highest BCUT2D eigenvalue weighted by atomic mass is 16.7. The van der Waals surface area contributed by atoms with E-state index in [2.05, 4.69) is 13.8 Å². The molecular weight excluding hydrogens is 524 g/mol. The lowest BCUT2D eigenvalue weighted by atomic mass is 9.84. The fraction of sp³-hybridized carbons (Fsp3) is 0.424. The van der Waals surface area contributed by atoms with Crippen LogP contribution in [0.1, 0.15) is 37.0 Å². The zero-order valence-corrected chi connectivity index (χ0v) is 23.8. The predicted molar refractivity (Wildman–Crippen MR) is 153 cm³/mol. The van der Waals surface area contributed by atoms with E-state index in [0.717, 1.165) is 56.1 Å². The normalized spacial score (nSPS) is 16.7. The summed E-state index contributed by atoms with van der Waals surface area (Å²) in [4.78, 5) is 12.7. The van der Waals surface area contributed by atoms with Crippen LogP contribution in [-0.4, -0.2) is 59.2 Å². The highest BCUT2D eigenvalue weighted by Gasteiger charge is 2.37. The van der Waals surface area contributed by atoms with Gasteiger partial charge in [-0.15, -0.1) is 0 Å². The maximum absolute atomic E-state index is 12.7. The fourth-order valence-electron chi connectivity index (χ4n) is 4.61. The fourth-order valence-corrected chi connectivity index (χ4v) is 4.61.